The van der Waals surface area contributed by atoms with Gasteiger partial charge in [-0.3, -0.25) is 4.79 Å². The highest BCUT2D eigenvalue weighted by Crippen LogP contribution is 2.31. The number of rotatable bonds is 4. The van der Waals surface area contributed by atoms with E-state index in [0.29, 0.717) is 10.7 Å². The standard InChI is InChI=1S/C16H11BrN2OS/c17-13-6-4-11(5-7-13)12-2-1-3-14(8-12)21-16-15(9-20)18-10-19-16/h1-10H,(H,18,19). The summed E-state index contributed by atoms with van der Waals surface area (Å²) in [5.41, 5.74) is 2.79. The summed E-state index contributed by atoms with van der Waals surface area (Å²) in [5.74, 6) is 0. The SMILES string of the molecule is O=Cc1[nH]cnc1Sc1cccc(-c2ccc(Br)cc2)c1. The van der Waals surface area contributed by atoms with E-state index >= 15 is 0 Å². The number of hydrogen-bond donors (Lipinski definition) is 1. The minimum absolute atomic E-state index is 0.508. The Kier molecular flexibility index (Phi) is 4.22. The average molecular weight is 359 g/mol. The van der Waals surface area contributed by atoms with Crippen molar-refractivity contribution < 1.29 is 4.79 Å². The highest BCUT2D eigenvalue weighted by atomic mass is 79.9. The van der Waals surface area contributed by atoms with Crippen LogP contribution in [-0.4, -0.2) is 16.3 Å². The number of imidazole rings is 1. The zero-order valence-electron chi connectivity index (χ0n) is 10.9. The molecule has 0 spiro atoms. The highest BCUT2D eigenvalue weighted by Gasteiger charge is 2.07. The number of carbonyl (C=O) groups excluding carboxylic acids is 1. The summed E-state index contributed by atoms with van der Waals surface area (Å²) in [6.07, 6.45) is 2.32. The third-order valence-corrected chi connectivity index (χ3v) is 4.51. The van der Waals surface area contributed by atoms with Crippen LogP contribution in [0.2, 0.25) is 0 Å². The fourth-order valence-electron chi connectivity index (χ4n) is 1.95. The van der Waals surface area contributed by atoms with Gasteiger partial charge < -0.3 is 4.98 Å². The summed E-state index contributed by atoms with van der Waals surface area (Å²) in [4.78, 5) is 18.9. The Balaban J connectivity index is 1.89. The number of nitrogens with zero attached hydrogens (tertiary/aromatic N) is 1. The van der Waals surface area contributed by atoms with E-state index in [0.717, 1.165) is 26.8 Å². The van der Waals surface area contributed by atoms with Gasteiger partial charge in [-0.05, 0) is 35.4 Å². The molecule has 3 aromatic rings. The lowest BCUT2D eigenvalue weighted by atomic mass is 10.1. The molecule has 21 heavy (non-hydrogen) atoms. The van der Waals surface area contributed by atoms with Crippen LogP contribution in [0.3, 0.4) is 0 Å². The van der Waals surface area contributed by atoms with Crippen LogP contribution in [0.4, 0.5) is 0 Å². The van der Waals surface area contributed by atoms with Gasteiger partial charge in [0.2, 0.25) is 0 Å². The molecule has 0 amide bonds. The topological polar surface area (TPSA) is 45.8 Å². The van der Waals surface area contributed by atoms with Gasteiger partial charge in [0, 0.05) is 9.37 Å². The maximum absolute atomic E-state index is 10.9. The molecule has 0 unspecified atom stereocenters. The van der Waals surface area contributed by atoms with Gasteiger partial charge >= 0.3 is 0 Å². The number of aldehydes is 1. The first kappa shape index (κ1) is 14.1. The van der Waals surface area contributed by atoms with E-state index in [4.69, 9.17) is 0 Å². The number of aromatic nitrogens is 2. The number of benzene rings is 2. The predicted molar refractivity (Wildman–Crippen MR) is 87.7 cm³/mol. The first-order valence-corrected chi connectivity index (χ1v) is 7.89. The van der Waals surface area contributed by atoms with Crippen molar-refractivity contribution in [3.63, 3.8) is 0 Å². The second-order valence-electron chi connectivity index (χ2n) is 4.38. The number of halogens is 1. The Morgan fingerprint density at radius 3 is 2.67 bits per heavy atom. The Morgan fingerprint density at radius 1 is 1.10 bits per heavy atom. The minimum Gasteiger partial charge on any atom is -0.341 e. The van der Waals surface area contributed by atoms with E-state index in [1.165, 1.54) is 18.1 Å². The molecule has 0 aliphatic rings. The zero-order chi connectivity index (χ0) is 14.7. The number of nitrogens with one attached hydrogen (secondary N) is 1. The van der Waals surface area contributed by atoms with Gasteiger partial charge in [-0.15, -0.1) is 0 Å². The van der Waals surface area contributed by atoms with Gasteiger partial charge in [0.05, 0.1) is 6.33 Å². The van der Waals surface area contributed by atoms with Gasteiger partial charge in [-0.1, -0.05) is 52.0 Å². The van der Waals surface area contributed by atoms with Crippen molar-refractivity contribution in [3.8, 4) is 11.1 Å². The normalized spacial score (nSPS) is 10.5. The maximum Gasteiger partial charge on any atom is 0.169 e. The van der Waals surface area contributed by atoms with Crippen LogP contribution in [0.15, 0.2) is 69.3 Å². The van der Waals surface area contributed by atoms with E-state index < -0.39 is 0 Å². The number of aromatic amines is 1. The van der Waals surface area contributed by atoms with Crippen LogP contribution in [0.1, 0.15) is 10.5 Å². The Bertz CT molecular complexity index is 768. The minimum atomic E-state index is 0.508. The van der Waals surface area contributed by atoms with Crippen LogP contribution in [0.25, 0.3) is 11.1 Å². The zero-order valence-corrected chi connectivity index (χ0v) is 13.3. The Labute approximate surface area is 134 Å². The number of hydrogen-bond acceptors (Lipinski definition) is 3. The van der Waals surface area contributed by atoms with E-state index in [2.05, 4.69) is 50.2 Å². The maximum atomic E-state index is 10.9. The molecule has 0 saturated heterocycles. The molecule has 104 valence electrons. The molecule has 1 heterocycles. The van der Waals surface area contributed by atoms with Crippen LogP contribution < -0.4 is 0 Å². The molecule has 0 aliphatic carbocycles. The van der Waals surface area contributed by atoms with E-state index in [-0.39, 0.29) is 0 Å². The van der Waals surface area contributed by atoms with E-state index in [9.17, 15) is 4.79 Å². The molecule has 0 fully saturated rings. The molecule has 1 aromatic heterocycles. The van der Waals surface area contributed by atoms with Crippen molar-refractivity contribution in [1.29, 1.82) is 0 Å². The Hall–Kier alpha value is -1.85. The van der Waals surface area contributed by atoms with Crippen LogP contribution >= 0.6 is 27.7 Å². The molecular weight excluding hydrogens is 348 g/mol. The summed E-state index contributed by atoms with van der Waals surface area (Å²) in [6, 6.07) is 16.4. The number of H-pyrrole nitrogens is 1. The predicted octanol–water partition coefficient (Wildman–Crippen LogP) is 4.80. The van der Waals surface area contributed by atoms with Gasteiger partial charge in [-0.2, -0.15) is 0 Å². The van der Waals surface area contributed by atoms with Gasteiger partial charge in [0.15, 0.2) is 6.29 Å². The molecule has 0 radical (unpaired) electrons. The molecule has 0 atom stereocenters. The molecule has 0 bridgehead atoms. The van der Waals surface area contributed by atoms with E-state index in [1.807, 2.05) is 24.3 Å². The quantitative estimate of drug-likeness (QED) is 0.681. The lowest BCUT2D eigenvalue weighted by molar-refractivity contribution is 0.111. The van der Waals surface area contributed by atoms with Crippen molar-refractivity contribution in [2.75, 3.05) is 0 Å². The van der Waals surface area contributed by atoms with Crippen molar-refractivity contribution in [2.24, 2.45) is 0 Å². The first-order valence-electron chi connectivity index (χ1n) is 6.28. The van der Waals surface area contributed by atoms with Crippen molar-refractivity contribution in [3.05, 3.63) is 65.0 Å². The smallest absolute Gasteiger partial charge is 0.169 e. The van der Waals surface area contributed by atoms with Crippen molar-refractivity contribution in [1.82, 2.24) is 9.97 Å². The second kappa shape index (κ2) is 6.28. The first-order chi connectivity index (χ1) is 10.3. The van der Waals surface area contributed by atoms with Crippen molar-refractivity contribution >= 4 is 34.0 Å². The van der Waals surface area contributed by atoms with Crippen LogP contribution in [0, 0.1) is 0 Å². The Morgan fingerprint density at radius 2 is 1.90 bits per heavy atom. The molecular formula is C16H11BrN2OS. The fourth-order valence-corrected chi connectivity index (χ4v) is 3.09. The highest BCUT2D eigenvalue weighted by molar-refractivity contribution is 9.10. The molecule has 2 aromatic carbocycles. The van der Waals surface area contributed by atoms with Crippen molar-refractivity contribution in [2.45, 2.75) is 9.92 Å². The molecule has 1 N–H and O–H groups in total. The average Bonchev–Trinajstić information content (AvgIpc) is 2.95. The monoisotopic (exact) mass is 358 g/mol. The van der Waals surface area contributed by atoms with Gasteiger partial charge in [0.25, 0.3) is 0 Å². The summed E-state index contributed by atoms with van der Waals surface area (Å²) < 4.78 is 1.06. The summed E-state index contributed by atoms with van der Waals surface area (Å²) in [7, 11) is 0. The molecule has 0 aliphatic heterocycles. The molecule has 3 rings (SSSR count). The van der Waals surface area contributed by atoms with Crippen LogP contribution in [0.5, 0.6) is 0 Å². The summed E-state index contributed by atoms with van der Waals surface area (Å²) >= 11 is 4.91. The van der Waals surface area contributed by atoms with Crippen LogP contribution in [-0.2, 0) is 0 Å². The third-order valence-electron chi connectivity index (χ3n) is 2.98. The van der Waals surface area contributed by atoms with Gasteiger partial charge in [0.1, 0.15) is 10.7 Å². The molecule has 5 heteroatoms. The lowest BCUT2D eigenvalue weighted by Gasteiger charge is -2.05. The van der Waals surface area contributed by atoms with Gasteiger partial charge in [-0.25, -0.2) is 4.98 Å². The third kappa shape index (κ3) is 3.25. The molecule has 0 saturated carbocycles. The second-order valence-corrected chi connectivity index (χ2v) is 6.35. The molecule has 3 nitrogen and oxygen atoms in total. The summed E-state index contributed by atoms with van der Waals surface area (Å²) in [6.45, 7) is 0. The fraction of sp³-hybridized carbons (Fsp3) is 0. The lowest BCUT2D eigenvalue weighted by Crippen LogP contribution is -1.84. The van der Waals surface area contributed by atoms with E-state index in [1.54, 1.807) is 0 Å². The summed E-state index contributed by atoms with van der Waals surface area (Å²) in [5, 5.41) is 0.693. The largest absolute Gasteiger partial charge is 0.341 e. The number of carbonyl (C=O) groups is 1.